The summed E-state index contributed by atoms with van der Waals surface area (Å²) in [6.07, 6.45) is 1.27. The van der Waals surface area contributed by atoms with Crippen molar-refractivity contribution in [2.24, 2.45) is 0 Å². The Labute approximate surface area is 73.1 Å². The van der Waals surface area contributed by atoms with Crippen LogP contribution in [-0.4, -0.2) is 49.3 Å². The summed E-state index contributed by atoms with van der Waals surface area (Å²) in [4.78, 5) is 24.3. The van der Waals surface area contributed by atoms with E-state index in [1.807, 2.05) is 6.92 Å². The van der Waals surface area contributed by atoms with Crippen LogP contribution in [0.4, 0.5) is 0 Å². The number of carbonyl (C=O) groups excluding carboxylic acids is 2. The fraction of sp³-hybridized carbons (Fsp3) is 0.750. The summed E-state index contributed by atoms with van der Waals surface area (Å²) in [5.41, 5.74) is 0. The summed E-state index contributed by atoms with van der Waals surface area (Å²) >= 11 is 0. The van der Waals surface area contributed by atoms with Crippen LogP contribution in [0, 0.1) is 0 Å². The SMILES string of the molecule is CCC(=O)N(C)CCN(C)C=O. The van der Waals surface area contributed by atoms with E-state index >= 15 is 0 Å². The predicted molar refractivity (Wildman–Crippen MR) is 46.6 cm³/mol. The van der Waals surface area contributed by atoms with Crippen molar-refractivity contribution in [1.82, 2.24) is 9.80 Å². The Balaban J connectivity index is 3.63. The standard InChI is InChI=1S/C8H16N2O2/c1-4-8(12)10(3)6-5-9(2)7-11/h7H,4-6H2,1-3H3. The van der Waals surface area contributed by atoms with Crippen LogP contribution in [0.2, 0.25) is 0 Å². The molecule has 12 heavy (non-hydrogen) atoms. The highest BCUT2D eigenvalue weighted by Gasteiger charge is 2.05. The van der Waals surface area contributed by atoms with Crippen LogP contribution in [0.25, 0.3) is 0 Å². The largest absolute Gasteiger partial charge is 0.347 e. The fourth-order valence-corrected chi connectivity index (χ4v) is 0.755. The number of likely N-dealkylation sites (N-methyl/N-ethyl adjacent to an activating group) is 2. The lowest BCUT2D eigenvalue weighted by Crippen LogP contribution is -2.33. The molecule has 0 aromatic carbocycles. The number of rotatable bonds is 5. The molecular weight excluding hydrogens is 156 g/mol. The summed E-state index contributed by atoms with van der Waals surface area (Å²) in [6, 6.07) is 0. The number of amides is 2. The molecule has 0 bridgehead atoms. The van der Waals surface area contributed by atoms with Crippen molar-refractivity contribution in [2.75, 3.05) is 27.2 Å². The zero-order valence-electron chi connectivity index (χ0n) is 7.91. The molecular formula is C8H16N2O2. The zero-order valence-corrected chi connectivity index (χ0v) is 7.91. The van der Waals surface area contributed by atoms with Crippen LogP contribution in [0.1, 0.15) is 13.3 Å². The Morgan fingerprint density at radius 3 is 2.33 bits per heavy atom. The third-order valence-corrected chi connectivity index (χ3v) is 1.70. The molecule has 0 aromatic heterocycles. The summed E-state index contributed by atoms with van der Waals surface area (Å²) in [7, 11) is 3.43. The van der Waals surface area contributed by atoms with Crippen LogP contribution in [-0.2, 0) is 9.59 Å². The van der Waals surface area contributed by atoms with Crippen molar-refractivity contribution in [3.8, 4) is 0 Å². The Bertz CT molecular complexity index is 159. The number of carbonyl (C=O) groups is 2. The van der Waals surface area contributed by atoms with Crippen LogP contribution in [0.5, 0.6) is 0 Å². The monoisotopic (exact) mass is 172 g/mol. The summed E-state index contributed by atoms with van der Waals surface area (Å²) < 4.78 is 0. The first kappa shape index (κ1) is 10.9. The zero-order chi connectivity index (χ0) is 9.56. The molecule has 0 saturated carbocycles. The molecule has 4 nitrogen and oxygen atoms in total. The van der Waals surface area contributed by atoms with Crippen molar-refractivity contribution in [3.05, 3.63) is 0 Å². The molecule has 0 unspecified atom stereocenters. The van der Waals surface area contributed by atoms with Crippen LogP contribution in [0.15, 0.2) is 0 Å². The molecule has 0 rings (SSSR count). The van der Waals surface area contributed by atoms with Gasteiger partial charge in [0.05, 0.1) is 0 Å². The third-order valence-electron chi connectivity index (χ3n) is 1.70. The van der Waals surface area contributed by atoms with E-state index in [4.69, 9.17) is 0 Å². The van der Waals surface area contributed by atoms with E-state index in [-0.39, 0.29) is 5.91 Å². The molecule has 0 aliphatic carbocycles. The van der Waals surface area contributed by atoms with Crippen molar-refractivity contribution >= 4 is 12.3 Å². The van der Waals surface area contributed by atoms with Crippen LogP contribution >= 0.6 is 0 Å². The lowest BCUT2D eigenvalue weighted by Gasteiger charge is -2.18. The Kier molecular flexibility index (Phi) is 5.08. The first-order valence-corrected chi connectivity index (χ1v) is 4.01. The molecule has 0 aliphatic heterocycles. The minimum absolute atomic E-state index is 0.106. The fourth-order valence-electron chi connectivity index (χ4n) is 0.755. The summed E-state index contributed by atoms with van der Waals surface area (Å²) in [6.45, 7) is 3.01. The molecule has 0 spiro atoms. The molecule has 0 heterocycles. The van der Waals surface area contributed by atoms with E-state index in [0.717, 1.165) is 6.41 Å². The predicted octanol–water partition coefficient (Wildman–Crippen LogP) is -0.0570. The van der Waals surface area contributed by atoms with Gasteiger partial charge in [0.25, 0.3) is 0 Å². The maximum absolute atomic E-state index is 11.0. The molecule has 0 fully saturated rings. The van der Waals surface area contributed by atoms with Gasteiger partial charge in [0.15, 0.2) is 0 Å². The minimum Gasteiger partial charge on any atom is -0.347 e. The van der Waals surface area contributed by atoms with E-state index in [2.05, 4.69) is 0 Å². The Morgan fingerprint density at radius 1 is 1.33 bits per heavy atom. The maximum Gasteiger partial charge on any atom is 0.222 e. The van der Waals surface area contributed by atoms with Crippen molar-refractivity contribution in [2.45, 2.75) is 13.3 Å². The van der Waals surface area contributed by atoms with E-state index in [9.17, 15) is 9.59 Å². The Morgan fingerprint density at radius 2 is 1.92 bits per heavy atom. The van der Waals surface area contributed by atoms with Crippen molar-refractivity contribution < 1.29 is 9.59 Å². The second-order valence-corrected chi connectivity index (χ2v) is 2.75. The van der Waals surface area contributed by atoms with E-state index < -0.39 is 0 Å². The van der Waals surface area contributed by atoms with Gasteiger partial charge in [-0.15, -0.1) is 0 Å². The van der Waals surface area contributed by atoms with E-state index in [1.54, 1.807) is 19.0 Å². The first-order valence-electron chi connectivity index (χ1n) is 4.01. The lowest BCUT2D eigenvalue weighted by molar-refractivity contribution is -0.130. The van der Waals surface area contributed by atoms with Crippen LogP contribution < -0.4 is 0 Å². The second kappa shape index (κ2) is 5.57. The summed E-state index contributed by atoms with van der Waals surface area (Å²) in [5, 5.41) is 0. The molecule has 0 radical (unpaired) electrons. The van der Waals surface area contributed by atoms with E-state index in [1.165, 1.54) is 4.90 Å². The van der Waals surface area contributed by atoms with Gasteiger partial charge in [-0.1, -0.05) is 6.92 Å². The molecule has 0 saturated heterocycles. The van der Waals surface area contributed by atoms with Crippen LogP contribution in [0.3, 0.4) is 0 Å². The van der Waals surface area contributed by atoms with Gasteiger partial charge in [-0.3, -0.25) is 9.59 Å². The van der Waals surface area contributed by atoms with Gasteiger partial charge in [-0.2, -0.15) is 0 Å². The number of nitrogens with zero attached hydrogens (tertiary/aromatic N) is 2. The summed E-state index contributed by atoms with van der Waals surface area (Å²) in [5.74, 6) is 0.106. The molecule has 0 aromatic rings. The first-order chi connectivity index (χ1) is 5.61. The lowest BCUT2D eigenvalue weighted by atomic mass is 10.4. The van der Waals surface area contributed by atoms with Crippen molar-refractivity contribution in [3.63, 3.8) is 0 Å². The molecule has 0 atom stereocenters. The highest BCUT2D eigenvalue weighted by Crippen LogP contribution is 1.89. The van der Waals surface area contributed by atoms with E-state index in [0.29, 0.717) is 19.5 Å². The molecule has 0 aliphatic rings. The topological polar surface area (TPSA) is 40.6 Å². The Hall–Kier alpha value is -1.06. The normalized spacial score (nSPS) is 9.25. The van der Waals surface area contributed by atoms with Crippen molar-refractivity contribution in [1.29, 1.82) is 0 Å². The van der Waals surface area contributed by atoms with Gasteiger partial charge in [0.1, 0.15) is 0 Å². The molecule has 0 N–H and O–H groups in total. The average Bonchev–Trinajstić information content (AvgIpc) is 2.11. The van der Waals surface area contributed by atoms with Gasteiger partial charge >= 0.3 is 0 Å². The van der Waals surface area contributed by atoms with Gasteiger partial charge in [0, 0.05) is 33.6 Å². The smallest absolute Gasteiger partial charge is 0.222 e. The van der Waals surface area contributed by atoms with Gasteiger partial charge < -0.3 is 9.80 Å². The van der Waals surface area contributed by atoms with Gasteiger partial charge in [-0.05, 0) is 0 Å². The quantitative estimate of drug-likeness (QED) is 0.545. The minimum atomic E-state index is 0.106. The van der Waals surface area contributed by atoms with Gasteiger partial charge in [0.2, 0.25) is 12.3 Å². The maximum atomic E-state index is 11.0. The third kappa shape index (κ3) is 3.95. The second-order valence-electron chi connectivity index (χ2n) is 2.75. The highest BCUT2D eigenvalue weighted by molar-refractivity contribution is 5.75. The number of hydrogen-bond donors (Lipinski definition) is 0. The molecule has 4 heteroatoms. The average molecular weight is 172 g/mol. The molecule has 70 valence electrons. The highest BCUT2D eigenvalue weighted by atomic mass is 16.2. The number of hydrogen-bond acceptors (Lipinski definition) is 2. The molecule has 2 amide bonds. The van der Waals surface area contributed by atoms with Gasteiger partial charge in [-0.25, -0.2) is 0 Å².